The Hall–Kier alpha value is -1.40. The van der Waals surface area contributed by atoms with Crippen LogP contribution in [0.25, 0.3) is 0 Å². The van der Waals surface area contributed by atoms with Gasteiger partial charge in [-0.05, 0) is 58.1 Å². The summed E-state index contributed by atoms with van der Waals surface area (Å²) < 4.78 is 27.8. The van der Waals surface area contributed by atoms with Crippen molar-refractivity contribution >= 4 is 31.8 Å². The second-order valence-corrected chi connectivity index (χ2v) is 7.71. The summed E-state index contributed by atoms with van der Waals surface area (Å²) in [6, 6.07) is 8.69. The first kappa shape index (κ1) is 16.0. The lowest BCUT2D eigenvalue weighted by atomic mass is 10.0. The van der Waals surface area contributed by atoms with Gasteiger partial charge >= 0.3 is 0 Å². The third-order valence-electron chi connectivity index (χ3n) is 3.07. The van der Waals surface area contributed by atoms with Gasteiger partial charge in [-0.25, -0.2) is 13.4 Å². The molecule has 0 saturated carbocycles. The molecule has 4 nitrogen and oxygen atoms in total. The lowest BCUT2D eigenvalue weighted by Gasteiger charge is -2.10. The number of sulfonamides is 1. The van der Waals surface area contributed by atoms with Crippen molar-refractivity contribution in [3.05, 3.63) is 52.1 Å². The van der Waals surface area contributed by atoms with E-state index in [1.807, 2.05) is 25.1 Å². The quantitative estimate of drug-likeness (QED) is 0.884. The molecule has 0 spiro atoms. The predicted octanol–water partition coefficient (Wildman–Crippen LogP) is 4.08. The van der Waals surface area contributed by atoms with Crippen molar-refractivity contribution in [3.63, 3.8) is 0 Å². The van der Waals surface area contributed by atoms with Crippen LogP contribution in [0.4, 0.5) is 5.82 Å². The van der Waals surface area contributed by atoms with Crippen LogP contribution >= 0.6 is 15.9 Å². The Bertz CT molecular complexity index is 741. The second kappa shape index (κ2) is 6.15. The van der Waals surface area contributed by atoms with Gasteiger partial charge in [-0.2, -0.15) is 0 Å². The number of hydrogen-bond acceptors (Lipinski definition) is 3. The molecule has 1 aromatic heterocycles. The van der Waals surface area contributed by atoms with Crippen molar-refractivity contribution in [1.29, 1.82) is 0 Å². The highest BCUT2D eigenvalue weighted by Gasteiger charge is 2.16. The summed E-state index contributed by atoms with van der Waals surface area (Å²) in [4.78, 5) is 4.32. The largest absolute Gasteiger partial charge is 0.263 e. The van der Waals surface area contributed by atoms with Crippen LogP contribution in [0.1, 0.15) is 30.9 Å². The van der Waals surface area contributed by atoms with Crippen molar-refractivity contribution < 1.29 is 8.42 Å². The normalized spacial score (nSPS) is 11.7. The molecular weight excluding hydrogens is 352 g/mol. The highest BCUT2D eigenvalue weighted by Crippen LogP contribution is 2.24. The molecule has 2 aromatic rings. The fraction of sp³-hybridized carbons (Fsp3) is 0.267. The molecule has 0 aliphatic carbocycles. The van der Waals surface area contributed by atoms with Gasteiger partial charge in [0.15, 0.2) is 5.82 Å². The number of halogens is 1. The Morgan fingerprint density at radius 1 is 1.19 bits per heavy atom. The van der Waals surface area contributed by atoms with E-state index in [1.165, 1.54) is 0 Å². The van der Waals surface area contributed by atoms with Crippen LogP contribution < -0.4 is 4.72 Å². The zero-order valence-electron chi connectivity index (χ0n) is 12.1. The smallest absolute Gasteiger partial charge is 0.262 e. The fourth-order valence-electron chi connectivity index (χ4n) is 1.83. The maximum atomic E-state index is 12.3. The third-order valence-corrected chi connectivity index (χ3v) is 5.03. The Morgan fingerprint density at radius 3 is 2.33 bits per heavy atom. The van der Waals surface area contributed by atoms with Gasteiger partial charge in [-0.1, -0.05) is 26.0 Å². The van der Waals surface area contributed by atoms with Crippen molar-refractivity contribution in [3.8, 4) is 0 Å². The maximum absolute atomic E-state index is 12.3. The maximum Gasteiger partial charge on any atom is 0.263 e. The molecule has 0 amide bonds. The van der Waals surface area contributed by atoms with Crippen molar-refractivity contribution in [2.45, 2.75) is 31.6 Å². The van der Waals surface area contributed by atoms with Crippen molar-refractivity contribution in [2.24, 2.45) is 0 Å². The van der Waals surface area contributed by atoms with Gasteiger partial charge in [0, 0.05) is 6.20 Å². The zero-order valence-corrected chi connectivity index (χ0v) is 14.5. The van der Waals surface area contributed by atoms with E-state index in [9.17, 15) is 8.42 Å². The minimum atomic E-state index is -3.63. The molecular formula is C15H17BrN2O2S. The monoisotopic (exact) mass is 368 g/mol. The van der Waals surface area contributed by atoms with Crippen LogP contribution in [0.15, 0.2) is 45.9 Å². The van der Waals surface area contributed by atoms with E-state index >= 15 is 0 Å². The lowest BCUT2D eigenvalue weighted by molar-refractivity contribution is 0.601. The van der Waals surface area contributed by atoms with E-state index in [1.54, 1.807) is 18.3 Å². The van der Waals surface area contributed by atoms with Gasteiger partial charge in [0.05, 0.1) is 9.37 Å². The van der Waals surface area contributed by atoms with Crippen LogP contribution in [0, 0.1) is 6.92 Å². The number of benzene rings is 1. The van der Waals surface area contributed by atoms with Crippen LogP contribution in [0.5, 0.6) is 0 Å². The number of hydrogen-bond donors (Lipinski definition) is 1. The molecule has 0 radical (unpaired) electrons. The minimum Gasteiger partial charge on any atom is -0.262 e. The van der Waals surface area contributed by atoms with E-state index in [2.05, 4.69) is 39.5 Å². The Kier molecular flexibility index (Phi) is 4.68. The number of pyridine rings is 1. The summed E-state index contributed by atoms with van der Waals surface area (Å²) in [6.07, 6.45) is 1.62. The summed E-state index contributed by atoms with van der Waals surface area (Å²) in [5, 5.41) is 0. The highest BCUT2D eigenvalue weighted by atomic mass is 79.9. The van der Waals surface area contributed by atoms with E-state index in [-0.39, 0.29) is 10.7 Å². The van der Waals surface area contributed by atoms with Crippen LogP contribution in [-0.4, -0.2) is 13.4 Å². The Balaban J connectivity index is 2.29. The topological polar surface area (TPSA) is 59.1 Å². The molecule has 6 heteroatoms. The van der Waals surface area contributed by atoms with Gasteiger partial charge in [0.1, 0.15) is 0 Å². The number of aromatic nitrogens is 1. The molecule has 1 aromatic carbocycles. The first-order valence-corrected chi connectivity index (χ1v) is 8.82. The SMILES string of the molecule is Cc1cnc(NS(=O)(=O)c2ccc(C(C)C)cc2)c(Br)c1. The molecule has 0 atom stereocenters. The predicted molar refractivity (Wildman–Crippen MR) is 88.0 cm³/mol. The van der Waals surface area contributed by atoms with Crippen molar-refractivity contribution in [1.82, 2.24) is 4.98 Å². The second-order valence-electron chi connectivity index (χ2n) is 5.17. The molecule has 0 aliphatic rings. The molecule has 1 N–H and O–H groups in total. The molecule has 112 valence electrons. The van der Waals surface area contributed by atoms with E-state index in [0.717, 1.165) is 11.1 Å². The fourth-order valence-corrected chi connectivity index (χ4v) is 3.55. The van der Waals surface area contributed by atoms with Crippen LogP contribution in [-0.2, 0) is 10.0 Å². The molecule has 0 saturated heterocycles. The average Bonchev–Trinajstić information content (AvgIpc) is 2.42. The molecule has 0 unspecified atom stereocenters. The van der Waals surface area contributed by atoms with Gasteiger partial charge in [-0.3, -0.25) is 4.72 Å². The molecule has 0 bridgehead atoms. The number of nitrogens with zero attached hydrogens (tertiary/aromatic N) is 1. The Morgan fingerprint density at radius 2 is 1.81 bits per heavy atom. The molecule has 1 heterocycles. The first-order valence-electron chi connectivity index (χ1n) is 6.54. The molecule has 0 aliphatic heterocycles. The van der Waals surface area contributed by atoms with Crippen molar-refractivity contribution in [2.75, 3.05) is 4.72 Å². The number of nitrogens with one attached hydrogen (secondary N) is 1. The van der Waals surface area contributed by atoms with Crippen LogP contribution in [0.2, 0.25) is 0 Å². The van der Waals surface area contributed by atoms with Gasteiger partial charge in [0.2, 0.25) is 0 Å². The third kappa shape index (κ3) is 3.83. The van der Waals surface area contributed by atoms with Crippen LogP contribution in [0.3, 0.4) is 0 Å². The highest BCUT2D eigenvalue weighted by molar-refractivity contribution is 9.10. The molecule has 2 rings (SSSR count). The van der Waals surface area contributed by atoms with E-state index < -0.39 is 10.0 Å². The zero-order chi connectivity index (χ0) is 15.6. The number of aryl methyl sites for hydroxylation is 1. The number of anilines is 1. The van der Waals surface area contributed by atoms with E-state index in [0.29, 0.717) is 10.4 Å². The standard InChI is InChI=1S/C15H17BrN2O2S/c1-10(2)12-4-6-13(7-5-12)21(19,20)18-15-14(16)8-11(3)9-17-15/h4-10H,1-3H3,(H,17,18). The Labute approximate surface area is 133 Å². The lowest BCUT2D eigenvalue weighted by Crippen LogP contribution is -2.14. The molecule has 0 fully saturated rings. The summed E-state index contributed by atoms with van der Waals surface area (Å²) >= 11 is 3.31. The number of rotatable bonds is 4. The van der Waals surface area contributed by atoms with Gasteiger partial charge < -0.3 is 0 Å². The van der Waals surface area contributed by atoms with E-state index in [4.69, 9.17) is 0 Å². The van der Waals surface area contributed by atoms with Gasteiger partial charge in [-0.15, -0.1) is 0 Å². The summed E-state index contributed by atoms with van der Waals surface area (Å²) in [5.74, 6) is 0.649. The van der Waals surface area contributed by atoms with Gasteiger partial charge in [0.25, 0.3) is 10.0 Å². The molecule has 21 heavy (non-hydrogen) atoms. The summed E-state index contributed by atoms with van der Waals surface area (Å²) in [7, 11) is -3.63. The summed E-state index contributed by atoms with van der Waals surface area (Å²) in [5.41, 5.74) is 2.05. The summed E-state index contributed by atoms with van der Waals surface area (Å²) in [6.45, 7) is 6.02. The minimum absolute atomic E-state index is 0.223. The first-order chi connectivity index (χ1) is 9.79. The average molecular weight is 369 g/mol.